The lowest BCUT2D eigenvalue weighted by molar-refractivity contribution is -0.165. The molecule has 0 spiro atoms. The van der Waals surface area contributed by atoms with E-state index in [9.17, 15) is 10.1 Å². The van der Waals surface area contributed by atoms with E-state index in [1.807, 2.05) is 56.3 Å². The van der Waals surface area contributed by atoms with Crippen molar-refractivity contribution < 1.29 is 14.3 Å². The van der Waals surface area contributed by atoms with E-state index in [1.165, 1.54) is 0 Å². The Morgan fingerprint density at radius 3 is 2.42 bits per heavy atom. The second-order valence-corrected chi connectivity index (χ2v) is 12.0. The van der Waals surface area contributed by atoms with E-state index in [-0.39, 0.29) is 30.0 Å². The van der Waals surface area contributed by atoms with Gasteiger partial charge in [0.05, 0.1) is 30.2 Å². The van der Waals surface area contributed by atoms with Gasteiger partial charge in [0.1, 0.15) is 0 Å². The van der Waals surface area contributed by atoms with Crippen LogP contribution in [0.25, 0.3) is 0 Å². The Balaban J connectivity index is 1.86. The minimum Gasteiger partial charge on any atom is -0.348 e. The first kappa shape index (κ1) is 28.9. The van der Waals surface area contributed by atoms with Crippen LogP contribution in [-0.4, -0.2) is 35.3 Å². The summed E-state index contributed by atoms with van der Waals surface area (Å²) in [6.07, 6.45) is 3.55. The highest BCUT2D eigenvalue weighted by Crippen LogP contribution is 2.54. The highest BCUT2D eigenvalue weighted by Gasteiger charge is 2.54. The fraction of sp³-hybridized carbons (Fsp3) is 0.548. The summed E-state index contributed by atoms with van der Waals surface area (Å²) in [7, 11) is 0. The Labute approximate surface area is 237 Å². The van der Waals surface area contributed by atoms with Crippen molar-refractivity contribution in [3.05, 3.63) is 69.7 Å². The van der Waals surface area contributed by atoms with E-state index in [4.69, 9.17) is 32.7 Å². The van der Waals surface area contributed by atoms with Crippen LogP contribution in [0.4, 0.5) is 0 Å². The number of piperidine rings is 1. The molecule has 5 atom stereocenters. The molecule has 2 aliphatic rings. The third-order valence-electron chi connectivity index (χ3n) is 8.28. The fourth-order valence-electron chi connectivity index (χ4n) is 6.38. The van der Waals surface area contributed by atoms with Crippen molar-refractivity contribution in [2.45, 2.75) is 96.1 Å². The molecule has 4 rings (SSSR count). The molecule has 0 N–H and O–H groups in total. The van der Waals surface area contributed by atoms with E-state index >= 15 is 0 Å². The van der Waals surface area contributed by atoms with Gasteiger partial charge in [-0.1, -0.05) is 61.3 Å². The number of hydrogen-bond donors (Lipinski definition) is 0. The molecule has 0 radical (unpaired) electrons. The predicted molar refractivity (Wildman–Crippen MR) is 151 cm³/mol. The zero-order valence-corrected chi connectivity index (χ0v) is 24.3. The third-order valence-corrected chi connectivity index (χ3v) is 8.77. The van der Waals surface area contributed by atoms with Crippen molar-refractivity contribution >= 4 is 29.1 Å². The average Bonchev–Trinajstić information content (AvgIpc) is 3.24. The highest BCUT2D eigenvalue weighted by molar-refractivity contribution is 6.30. The maximum Gasteiger partial charge on any atom is 0.229 e. The monoisotopic (exact) mass is 556 g/mol. The summed E-state index contributed by atoms with van der Waals surface area (Å²) in [6, 6.07) is 17.8. The van der Waals surface area contributed by atoms with Gasteiger partial charge >= 0.3 is 0 Å². The normalized spacial score (nSPS) is 27.8. The summed E-state index contributed by atoms with van der Waals surface area (Å²) in [5, 5.41) is 10.8. The van der Waals surface area contributed by atoms with Crippen molar-refractivity contribution in [2.75, 3.05) is 6.61 Å². The van der Waals surface area contributed by atoms with Crippen molar-refractivity contribution in [2.24, 2.45) is 5.41 Å². The van der Waals surface area contributed by atoms with Crippen LogP contribution in [0.1, 0.15) is 89.3 Å². The van der Waals surface area contributed by atoms with Crippen LogP contribution in [0.3, 0.4) is 0 Å². The quantitative estimate of drug-likeness (QED) is 0.313. The maximum atomic E-state index is 14.8. The molecule has 204 valence electrons. The molecule has 4 unspecified atom stereocenters. The van der Waals surface area contributed by atoms with E-state index in [2.05, 4.69) is 30.9 Å². The van der Waals surface area contributed by atoms with Crippen LogP contribution in [-0.2, 0) is 14.3 Å². The van der Waals surface area contributed by atoms with Crippen LogP contribution >= 0.6 is 23.2 Å². The summed E-state index contributed by atoms with van der Waals surface area (Å²) in [6.45, 7) is 8.50. The third kappa shape index (κ3) is 6.05. The molecule has 0 aliphatic carbocycles. The van der Waals surface area contributed by atoms with Gasteiger partial charge in [-0.3, -0.25) is 4.79 Å². The van der Waals surface area contributed by atoms with Crippen LogP contribution < -0.4 is 0 Å². The van der Waals surface area contributed by atoms with Gasteiger partial charge < -0.3 is 14.4 Å². The number of carbonyl (C=O) groups is 1. The number of nitriles is 1. The number of ether oxygens (including phenoxy) is 2. The molecule has 2 fully saturated rings. The van der Waals surface area contributed by atoms with E-state index in [1.54, 1.807) is 0 Å². The summed E-state index contributed by atoms with van der Waals surface area (Å²) < 4.78 is 12.1. The number of halogens is 2. The van der Waals surface area contributed by atoms with Gasteiger partial charge in [0.15, 0.2) is 5.79 Å². The van der Waals surface area contributed by atoms with E-state index in [0.29, 0.717) is 48.8 Å². The molecular weight excluding hydrogens is 519 g/mol. The molecule has 1 amide bonds. The summed E-state index contributed by atoms with van der Waals surface area (Å²) in [5.74, 6) is -0.524. The minimum absolute atomic E-state index is 0.000933. The number of nitrogens with zero attached hydrogens (tertiary/aromatic N) is 2. The second kappa shape index (κ2) is 12.0. The molecule has 0 bridgehead atoms. The minimum atomic E-state index is -0.659. The first-order valence-electron chi connectivity index (χ1n) is 13.7. The summed E-state index contributed by atoms with van der Waals surface area (Å²) in [4.78, 5) is 16.9. The Bertz CT molecular complexity index is 1160. The lowest BCUT2D eigenvalue weighted by Crippen LogP contribution is -2.57. The van der Waals surface area contributed by atoms with Gasteiger partial charge in [-0.25, -0.2) is 0 Å². The van der Waals surface area contributed by atoms with Gasteiger partial charge in [-0.05, 0) is 81.3 Å². The molecule has 0 aromatic heterocycles. The van der Waals surface area contributed by atoms with E-state index in [0.717, 1.165) is 17.5 Å². The first-order valence-corrected chi connectivity index (χ1v) is 14.4. The Kier molecular flexibility index (Phi) is 9.10. The summed E-state index contributed by atoms with van der Waals surface area (Å²) >= 11 is 12.8. The van der Waals surface area contributed by atoms with Gasteiger partial charge in [0.25, 0.3) is 0 Å². The van der Waals surface area contributed by atoms with Crippen LogP contribution in [0.2, 0.25) is 10.0 Å². The number of carbonyl (C=O) groups excluding carboxylic acids is 1. The Morgan fingerprint density at radius 1 is 1.11 bits per heavy atom. The average molecular weight is 558 g/mol. The number of hydrogen-bond acceptors (Lipinski definition) is 4. The lowest BCUT2D eigenvalue weighted by Gasteiger charge is -2.53. The zero-order chi connectivity index (χ0) is 27.5. The number of rotatable bonds is 9. The van der Waals surface area contributed by atoms with Crippen LogP contribution in [0.15, 0.2) is 48.5 Å². The SMILES string of the molecule is CCC(CCC#N)N1C(=O)C(CC)(CC2COC(C)(C)O2)CC(c2cccc(Cl)c2)[C@H]1c1ccc(Cl)cc1. The van der Waals surface area contributed by atoms with Crippen LogP contribution in [0, 0.1) is 16.7 Å². The van der Waals surface area contributed by atoms with Crippen molar-refractivity contribution in [3.8, 4) is 6.07 Å². The van der Waals surface area contributed by atoms with Gasteiger partial charge in [0, 0.05) is 28.4 Å². The number of likely N-dealkylation sites (tertiary alicyclic amines) is 1. The summed E-state index contributed by atoms with van der Waals surface area (Å²) in [5.41, 5.74) is 1.51. The molecule has 7 heteroatoms. The largest absolute Gasteiger partial charge is 0.348 e. The van der Waals surface area contributed by atoms with Gasteiger partial charge in [-0.15, -0.1) is 0 Å². The molecule has 0 saturated carbocycles. The zero-order valence-electron chi connectivity index (χ0n) is 22.8. The lowest BCUT2D eigenvalue weighted by atomic mass is 9.64. The molecule has 2 aliphatic heterocycles. The highest BCUT2D eigenvalue weighted by atomic mass is 35.5. The molecular formula is C31H38Cl2N2O3. The van der Waals surface area contributed by atoms with E-state index < -0.39 is 11.2 Å². The second-order valence-electron chi connectivity index (χ2n) is 11.1. The smallest absolute Gasteiger partial charge is 0.229 e. The topological polar surface area (TPSA) is 62.6 Å². The Hall–Kier alpha value is -2.10. The molecule has 2 aromatic rings. The predicted octanol–water partition coefficient (Wildman–Crippen LogP) is 8.07. The number of amides is 1. The molecule has 38 heavy (non-hydrogen) atoms. The molecule has 2 aromatic carbocycles. The van der Waals surface area contributed by atoms with Crippen LogP contribution in [0.5, 0.6) is 0 Å². The number of benzene rings is 2. The Morgan fingerprint density at radius 2 is 1.84 bits per heavy atom. The maximum absolute atomic E-state index is 14.8. The van der Waals surface area contributed by atoms with Gasteiger partial charge in [0.2, 0.25) is 5.91 Å². The molecule has 2 heterocycles. The van der Waals surface area contributed by atoms with Crippen molar-refractivity contribution in [3.63, 3.8) is 0 Å². The van der Waals surface area contributed by atoms with Crippen molar-refractivity contribution in [1.29, 1.82) is 5.26 Å². The van der Waals surface area contributed by atoms with Gasteiger partial charge in [-0.2, -0.15) is 5.26 Å². The standard InChI is InChI=1S/C31H38Cl2N2O3/c1-5-25(11-8-16-34)35-28(21-12-14-23(32)15-13-21)27(22-9-7-10-24(33)17-22)19-31(6-2,29(35)36)18-26-20-37-30(3,4)38-26/h7,9-10,12-15,17,25-28H,5-6,8,11,18-20H2,1-4H3/t25?,26?,27?,28-,31?/m1/s1. The van der Waals surface area contributed by atoms with Crippen molar-refractivity contribution in [1.82, 2.24) is 4.90 Å². The fourth-order valence-corrected chi connectivity index (χ4v) is 6.70. The first-order chi connectivity index (χ1) is 18.1. The molecule has 5 nitrogen and oxygen atoms in total. The molecule has 2 saturated heterocycles.